The molecule has 5 nitrogen and oxygen atoms in total. The number of pyridine rings is 1. The Morgan fingerprint density at radius 2 is 1.77 bits per heavy atom. The predicted molar refractivity (Wildman–Crippen MR) is 144 cm³/mol. The summed E-state index contributed by atoms with van der Waals surface area (Å²) >= 11 is 3.53. The van der Waals surface area contributed by atoms with Crippen molar-refractivity contribution in [1.82, 2.24) is 14.8 Å². The fourth-order valence-corrected chi connectivity index (χ4v) is 6.23. The van der Waals surface area contributed by atoms with Crippen LogP contribution in [0.4, 0.5) is 10.5 Å². The molecule has 1 unspecified atom stereocenters. The van der Waals surface area contributed by atoms with Gasteiger partial charge in [-0.05, 0) is 80.1 Å². The average Bonchev–Trinajstić information content (AvgIpc) is 2.91. The third-order valence-corrected chi connectivity index (χ3v) is 8.29. The molecular formula is C29H33BrN4O. The SMILES string of the molecule is O=C(Nc1cccnc1)N1CCCC(c2ccccc2)(C2CCN(Cc3ccc(Br)cc3)CC2)C1. The fourth-order valence-electron chi connectivity index (χ4n) is 5.96. The standard InChI is InChI=1S/C29H33BrN4O/c30-26-11-9-23(10-12-26)21-33-18-13-25(14-19-33)29(24-6-2-1-3-7-24)15-5-17-34(22-29)28(35)32-27-8-4-16-31-20-27/h1-4,6-12,16,20,25H,5,13-15,17-19,21-22H2,(H,32,35). The normalized spacial score (nSPS) is 21.6. The molecule has 2 fully saturated rings. The maximum atomic E-state index is 13.2. The number of anilines is 1. The number of halogens is 1. The minimum Gasteiger partial charge on any atom is -0.324 e. The highest BCUT2D eigenvalue weighted by Crippen LogP contribution is 2.45. The van der Waals surface area contributed by atoms with Gasteiger partial charge >= 0.3 is 6.03 Å². The van der Waals surface area contributed by atoms with E-state index in [9.17, 15) is 4.79 Å². The van der Waals surface area contributed by atoms with Gasteiger partial charge in [-0.25, -0.2) is 4.79 Å². The first kappa shape index (κ1) is 24.0. The van der Waals surface area contributed by atoms with Gasteiger partial charge in [0.15, 0.2) is 0 Å². The van der Waals surface area contributed by atoms with Crippen molar-refractivity contribution in [2.75, 3.05) is 31.5 Å². The van der Waals surface area contributed by atoms with Gasteiger partial charge in [0.25, 0.3) is 0 Å². The summed E-state index contributed by atoms with van der Waals surface area (Å²) in [4.78, 5) is 22.0. The van der Waals surface area contributed by atoms with E-state index in [4.69, 9.17) is 0 Å². The highest BCUT2D eigenvalue weighted by molar-refractivity contribution is 9.10. The Kier molecular flexibility index (Phi) is 7.49. The second-order valence-corrected chi connectivity index (χ2v) is 10.8. The summed E-state index contributed by atoms with van der Waals surface area (Å²) in [5.41, 5.74) is 3.48. The number of likely N-dealkylation sites (tertiary alicyclic amines) is 2. The van der Waals surface area contributed by atoms with Crippen molar-refractivity contribution in [3.8, 4) is 0 Å². The summed E-state index contributed by atoms with van der Waals surface area (Å²) in [6, 6.07) is 23.3. The number of carbonyl (C=O) groups excluding carboxylic acids is 1. The molecule has 2 aliphatic heterocycles. The second kappa shape index (κ2) is 10.9. The van der Waals surface area contributed by atoms with Crippen LogP contribution in [0.15, 0.2) is 83.6 Å². The Bertz CT molecular complexity index is 1100. The molecule has 3 aromatic rings. The summed E-state index contributed by atoms with van der Waals surface area (Å²) < 4.78 is 1.12. The highest BCUT2D eigenvalue weighted by Gasteiger charge is 2.45. The van der Waals surface area contributed by atoms with Crippen LogP contribution < -0.4 is 5.32 Å². The van der Waals surface area contributed by atoms with E-state index >= 15 is 0 Å². The molecule has 0 bridgehead atoms. The van der Waals surface area contributed by atoms with Crippen molar-refractivity contribution >= 4 is 27.6 Å². The minimum atomic E-state index is -0.0225. The number of nitrogens with one attached hydrogen (secondary N) is 1. The van der Waals surface area contributed by atoms with Crippen LogP contribution in [0.25, 0.3) is 0 Å². The van der Waals surface area contributed by atoms with Crippen LogP contribution in [0.1, 0.15) is 36.8 Å². The number of nitrogens with zero attached hydrogens (tertiary/aromatic N) is 3. The molecule has 0 saturated carbocycles. The molecule has 2 amide bonds. The largest absolute Gasteiger partial charge is 0.324 e. The molecule has 5 rings (SSSR count). The van der Waals surface area contributed by atoms with Crippen molar-refractivity contribution in [3.05, 3.63) is 94.7 Å². The summed E-state index contributed by atoms with van der Waals surface area (Å²) in [6.45, 7) is 4.75. The van der Waals surface area contributed by atoms with Gasteiger partial charge in [0.2, 0.25) is 0 Å². The van der Waals surface area contributed by atoms with E-state index in [1.165, 1.54) is 11.1 Å². The number of hydrogen-bond acceptors (Lipinski definition) is 3. The van der Waals surface area contributed by atoms with Crippen LogP contribution in [0.2, 0.25) is 0 Å². The molecule has 182 valence electrons. The zero-order chi connectivity index (χ0) is 24.1. The van der Waals surface area contributed by atoms with Gasteiger partial charge < -0.3 is 10.2 Å². The van der Waals surface area contributed by atoms with Gasteiger partial charge in [0.05, 0.1) is 11.9 Å². The summed E-state index contributed by atoms with van der Waals surface area (Å²) in [6.07, 6.45) is 7.89. The lowest BCUT2D eigenvalue weighted by Gasteiger charge is -2.50. The van der Waals surface area contributed by atoms with Crippen LogP contribution in [0.3, 0.4) is 0 Å². The lowest BCUT2D eigenvalue weighted by molar-refractivity contribution is 0.0707. The quantitative estimate of drug-likeness (QED) is 0.418. The first-order chi connectivity index (χ1) is 17.1. The Balaban J connectivity index is 1.31. The predicted octanol–water partition coefficient (Wildman–Crippen LogP) is 6.32. The molecule has 35 heavy (non-hydrogen) atoms. The summed E-state index contributed by atoms with van der Waals surface area (Å²) in [5.74, 6) is 0.556. The van der Waals surface area contributed by atoms with Crippen LogP contribution >= 0.6 is 15.9 Å². The Morgan fingerprint density at radius 3 is 2.49 bits per heavy atom. The zero-order valence-electron chi connectivity index (χ0n) is 20.1. The van der Waals surface area contributed by atoms with E-state index in [1.807, 2.05) is 17.0 Å². The van der Waals surface area contributed by atoms with Gasteiger partial charge in [0, 0.05) is 35.7 Å². The number of hydrogen-bond donors (Lipinski definition) is 1. The zero-order valence-corrected chi connectivity index (χ0v) is 21.7. The number of benzene rings is 2. The van der Waals surface area contributed by atoms with Gasteiger partial charge in [-0.1, -0.05) is 58.4 Å². The monoisotopic (exact) mass is 532 g/mol. The van der Waals surface area contributed by atoms with Crippen molar-refractivity contribution in [3.63, 3.8) is 0 Å². The molecule has 0 spiro atoms. The Labute approximate surface area is 216 Å². The van der Waals surface area contributed by atoms with Crippen LogP contribution in [-0.4, -0.2) is 47.0 Å². The number of piperidine rings is 2. The van der Waals surface area contributed by atoms with E-state index in [2.05, 4.69) is 85.7 Å². The van der Waals surface area contributed by atoms with Crippen molar-refractivity contribution < 1.29 is 4.79 Å². The smallest absolute Gasteiger partial charge is 0.321 e. The van der Waals surface area contributed by atoms with Gasteiger partial charge in [-0.2, -0.15) is 0 Å². The van der Waals surface area contributed by atoms with E-state index in [0.717, 1.165) is 68.6 Å². The minimum absolute atomic E-state index is 0.00448. The average molecular weight is 534 g/mol. The molecule has 0 radical (unpaired) electrons. The second-order valence-electron chi connectivity index (χ2n) is 9.90. The van der Waals surface area contributed by atoms with Gasteiger partial charge in [0.1, 0.15) is 0 Å². The van der Waals surface area contributed by atoms with Crippen LogP contribution in [0.5, 0.6) is 0 Å². The lowest BCUT2D eigenvalue weighted by atomic mass is 9.62. The molecule has 2 aliphatic rings. The molecule has 1 aromatic heterocycles. The number of amides is 2. The number of aromatic nitrogens is 1. The molecular weight excluding hydrogens is 500 g/mol. The maximum absolute atomic E-state index is 13.2. The summed E-state index contributed by atoms with van der Waals surface area (Å²) in [5, 5.41) is 3.06. The van der Waals surface area contributed by atoms with E-state index in [1.54, 1.807) is 12.4 Å². The topological polar surface area (TPSA) is 48.5 Å². The number of carbonyl (C=O) groups is 1. The Morgan fingerprint density at radius 1 is 1.00 bits per heavy atom. The lowest BCUT2D eigenvalue weighted by Crippen LogP contribution is -2.55. The third kappa shape index (κ3) is 5.60. The number of urea groups is 1. The molecule has 0 aliphatic carbocycles. The molecule has 1 N–H and O–H groups in total. The molecule has 6 heteroatoms. The van der Waals surface area contributed by atoms with Gasteiger partial charge in [-0.3, -0.25) is 9.88 Å². The molecule has 1 atom stereocenters. The highest BCUT2D eigenvalue weighted by atomic mass is 79.9. The third-order valence-electron chi connectivity index (χ3n) is 7.76. The molecule has 3 heterocycles. The Hall–Kier alpha value is -2.70. The van der Waals surface area contributed by atoms with Gasteiger partial charge in [-0.15, -0.1) is 0 Å². The molecule has 2 aromatic carbocycles. The first-order valence-electron chi connectivity index (χ1n) is 12.6. The number of rotatable bonds is 5. The van der Waals surface area contributed by atoms with Crippen LogP contribution in [-0.2, 0) is 12.0 Å². The summed E-state index contributed by atoms with van der Waals surface area (Å²) in [7, 11) is 0. The molecule has 2 saturated heterocycles. The van der Waals surface area contributed by atoms with Crippen molar-refractivity contribution in [2.45, 2.75) is 37.6 Å². The van der Waals surface area contributed by atoms with Crippen LogP contribution in [0, 0.1) is 5.92 Å². The van der Waals surface area contributed by atoms with Crippen molar-refractivity contribution in [1.29, 1.82) is 0 Å². The van der Waals surface area contributed by atoms with E-state index < -0.39 is 0 Å². The first-order valence-corrected chi connectivity index (χ1v) is 13.4. The fraction of sp³-hybridized carbons (Fsp3) is 0.379. The maximum Gasteiger partial charge on any atom is 0.321 e. The van der Waals surface area contributed by atoms with E-state index in [0.29, 0.717) is 5.92 Å². The van der Waals surface area contributed by atoms with E-state index in [-0.39, 0.29) is 11.4 Å². The van der Waals surface area contributed by atoms with Crippen molar-refractivity contribution in [2.24, 2.45) is 5.92 Å².